The molecule has 4 nitrogen and oxygen atoms in total. The predicted octanol–water partition coefficient (Wildman–Crippen LogP) is 1.36. The summed E-state index contributed by atoms with van der Waals surface area (Å²) in [6, 6.07) is 0. The van der Waals surface area contributed by atoms with Gasteiger partial charge in [-0.25, -0.2) is 0 Å². The molecular formula is C10H18O4S. The Morgan fingerprint density at radius 3 is 2.40 bits per heavy atom. The summed E-state index contributed by atoms with van der Waals surface area (Å²) >= 11 is 0. The Balaban J connectivity index is 2.80. The van der Waals surface area contributed by atoms with Gasteiger partial charge in [0, 0.05) is 6.42 Å². The van der Waals surface area contributed by atoms with Crippen LogP contribution in [0.5, 0.6) is 0 Å². The third-order valence-corrected chi connectivity index (χ3v) is 3.78. The van der Waals surface area contributed by atoms with E-state index in [-0.39, 0.29) is 17.1 Å². The summed E-state index contributed by atoms with van der Waals surface area (Å²) in [6.45, 7) is 6.07. The molecule has 0 N–H and O–H groups in total. The minimum Gasteiger partial charge on any atom is -0.297 e. The van der Waals surface area contributed by atoms with E-state index in [2.05, 4.69) is 0 Å². The van der Waals surface area contributed by atoms with Crippen molar-refractivity contribution in [3.05, 3.63) is 0 Å². The molecule has 0 aromatic heterocycles. The molecule has 1 aliphatic rings. The van der Waals surface area contributed by atoms with E-state index in [0.29, 0.717) is 12.8 Å². The van der Waals surface area contributed by atoms with Gasteiger partial charge in [0.1, 0.15) is 6.10 Å². The van der Waals surface area contributed by atoms with Gasteiger partial charge in [-0.3, -0.25) is 8.98 Å². The van der Waals surface area contributed by atoms with Crippen LogP contribution in [0.1, 0.15) is 33.6 Å². The molecular weight excluding hydrogens is 216 g/mol. The van der Waals surface area contributed by atoms with Crippen LogP contribution in [0.2, 0.25) is 0 Å². The minimum atomic E-state index is -3.55. The Kier molecular flexibility index (Phi) is 3.26. The van der Waals surface area contributed by atoms with Gasteiger partial charge in [0.05, 0.1) is 6.26 Å². The third kappa shape index (κ3) is 3.28. The van der Waals surface area contributed by atoms with Crippen molar-refractivity contribution in [2.75, 3.05) is 6.26 Å². The zero-order valence-corrected chi connectivity index (χ0v) is 10.4. The molecule has 0 bridgehead atoms. The van der Waals surface area contributed by atoms with E-state index in [4.69, 9.17) is 4.18 Å². The molecule has 0 unspecified atom stereocenters. The van der Waals surface area contributed by atoms with Crippen molar-refractivity contribution in [3.63, 3.8) is 0 Å². The van der Waals surface area contributed by atoms with Gasteiger partial charge in [-0.1, -0.05) is 20.8 Å². The molecule has 5 heteroatoms. The van der Waals surface area contributed by atoms with Crippen molar-refractivity contribution in [1.29, 1.82) is 0 Å². The molecule has 0 spiro atoms. The average molecular weight is 234 g/mol. The summed E-state index contributed by atoms with van der Waals surface area (Å²) < 4.78 is 26.7. The van der Waals surface area contributed by atoms with Crippen LogP contribution in [-0.4, -0.2) is 26.6 Å². The fourth-order valence-electron chi connectivity index (χ4n) is 1.80. The number of ketones is 1. The van der Waals surface area contributed by atoms with Crippen molar-refractivity contribution in [1.82, 2.24) is 0 Å². The largest absolute Gasteiger partial charge is 0.297 e. The van der Waals surface area contributed by atoms with Crippen molar-refractivity contribution in [3.8, 4) is 0 Å². The lowest BCUT2D eigenvalue weighted by molar-refractivity contribution is -0.133. The Morgan fingerprint density at radius 2 is 1.93 bits per heavy atom. The Labute approximate surface area is 91.1 Å². The van der Waals surface area contributed by atoms with Gasteiger partial charge >= 0.3 is 0 Å². The van der Waals surface area contributed by atoms with Gasteiger partial charge in [-0.2, -0.15) is 8.42 Å². The number of Topliss-reactive ketones (excluding diaryl/α,β-unsaturated/α-hetero) is 1. The highest BCUT2D eigenvalue weighted by molar-refractivity contribution is 7.86. The highest BCUT2D eigenvalue weighted by atomic mass is 32.2. The Morgan fingerprint density at radius 1 is 1.40 bits per heavy atom. The smallest absolute Gasteiger partial charge is 0.265 e. The molecule has 1 fully saturated rings. The Hall–Kier alpha value is -0.420. The monoisotopic (exact) mass is 234 g/mol. The molecule has 88 valence electrons. The summed E-state index contributed by atoms with van der Waals surface area (Å²) in [5.41, 5.74) is -0.0523. The molecule has 0 aliphatic heterocycles. The summed E-state index contributed by atoms with van der Waals surface area (Å²) in [6.07, 6.45) is 1.06. The molecule has 0 aromatic rings. The van der Waals surface area contributed by atoms with Gasteiger partial charge in [0.2, 0.25) is 0 Å². The van der Waals surface area contributed by atoms with E-state index in [1.54, 1.807) is 0 Å². The number of hydrogen-bond donors (Lipinski definition) is 0. The van der Waals surface area contributed by atoms with Crippen LogP contribution in [-0.2, 0) is 19.1 Å². The first-order chi connectivity index (χ1) is 6.62. The fraction of sp³-hybridized carbons (Fsp3) is 0.900. The maximum absolute atomic E-state index is 11.6. The van der Waals surface area contributed by atoms with Crippen molar-refractivity contribution >= 4 is 15.9 Å². The first kappa shape index (κ1) is 12.6. The van der Waals surface area contributed by atoms with E-state index in [0.717, 1.165) is 6.26 Å². The highest BCUT2D eigenvalue weighted by Crippen LogP contribution is 2.40. The number of carbonyl (C=O) groups excluding carboxylic acids is 1. The second-order valence-electron chi connectivity index (χ2n) is 5.05. The van der Waals surface area contributed by atoms with Gasteiger partial charge < -0.3 is 0 Å². The van der Waals surface area contributed by atoms with E-state index in [1.807, 2.05) is 20.8 Å². The highest BCUT2D eigenvalue weighted by Gasteiger charge is 2.40. The molecule has 1 aliphatic carbocycles. The van der Waals surface area contributed by atoms with Crippen LogP contribution in [0.25, 0.3) is 0 Å². The molecule has 0 heterocycles. The van der Waals surface area contributed by atoms with Crippen LogP contribution in [0.3, 0.4) is 0 Å². The maximum Gasteiger partial charge on any atom is 0.265 e. The van der Waals surface area contributed by atoms with Gasteiger partial charge in [0.25, 0.3) is 10.1 Å². The SMILES string of the molecule is C[C@@H]1CC(=O)[C@H](OS(C)(=O)=O)CC1(C)C. The standard InChI is InChI=1S/C10H18O4S/c1-7-5-8(11)9(6-10(7,2)3)14-15(4,12)13/h7,9H,5-6H2,1-4H3/t7-,9-/m1/s1. The van der Waals surface area contributed by atoms with Crippen molar-refractivity contribution in [2.24, 2.45) is 11.3 Å². The van der Waals surface area contributed by atoms with E-state index in [9.17, 15) is 13.2 Å². The topological polar surface area (TPSA) is 60.4 Å². The van der Waals surface area contributed by atoms with Gasteiger partial charge in [-0.15, -0.1) is 0 Å². The Bertz CT molecular complexity index is 356. The van der Waals surface area contributed by atoms with Crippen LogP contribution in [0, 0.1) is 11.3 Å². The summed E-state index contributed by atoms with van der Waals surface area (Å²) in [7, 11) is -3.55. The fourth-order valence-corrected chi connectivity index (χ4v) is 2.40. The van der Waals surface area contributed by atoms with E-state index >= 15 is 0 Å². The molecule has 0 saturated heterocycles. The lowest BCUT2D eigenvalue weighted by Gasteiger charge is -2.38. The summed E-state index contributed by atoms with van der Waals surface area (Å²) in [5.74, 6) is 0.164. The van der Waals surface area contributed by atoms with Crippen LogP contribution >= 0.6 is 0 Å². The lowest BCUT2D eigenvalue weighted by atomic mass is 9.68. The maximum atomic E-state index is 11.6. The second-order valence-corrected chi connectivity index (χ2v) is 6.65. The van der Waals surface area contributed by atoms with Crippen LogP contribution in [0.15, 0.2) is 0 Å². The predicted molar refractivity (Wildman–Crippen MR) is 56.9 cm³/mol. The van der Waals surface area contributed by atoms with Crippen molar-refractivity contribution in [2.45, 2.75) is 39.7 Å². The molecule has 1 saturated carbocycles. The summed E-state index contributed by atoms with van der Waals surface area (Å²) in [4.78, 5) is 11.6. The number of hydrogen-bond acceptors (Lipinski definition) is 4. The minimum absolute atomic E-state index is 0.0523. The van der Waals surface area contributed by atoms with E-state index in [1.165, 1.54) is 0 Å². The normalized spacial score (nSPS) is 31.6. The molecule has 0 amide bonds. The van der Waals surface area contributed by atoms with Gasteiger partial charge in [0.15, 0.2) is 5.78 Å². The lowest BCUT2D eigenvalue weighted by Crippen LogP contribution is -2.41. The zero-order valence-electron chi connectivity index (χ0n) is 9.61. The molecule has 15 heavy (non-hydrogen) atoms. The average Bonchev–Trinajstić information content (AvgIpc) is 1.97. The van der Waals surface area contributed by atoms with E-state index < -0.39 is 16.2 Å². The first-order valence-electron chi connectivity index (χ1n) is 5.03. The summed E-state index contributed by atoms with van der Waals surface area (Å²) in [5, 5.41) is 0. The number of carbonyl (C=O) groups is 1. The van der Waals surface area contributed by atoms with Crippen LogP contribution < -0.4 is 0 Å². The zero-order chi connectivity index (χ0) is 11.9. The van der Waals surface area contributed by atoms with Gasteiger partial charge in [-0.05, 0) is 17.8 Å². The third-order valence-electron chi connectivity index (χ3n) is 3.20. The first-order valence-corrected chi connectivity index (χ1v) is 6.84. The molecule has 1 rings (SSSR count). The molecule has 0 radical (unpaired) electrons. The molecule has 0 aromatic carbocycles. The van der Waals surface area contributed by atoms with Crippen LogP contribution in [0.4, 0.5) is 0 Å². The number of rotatable bonds is 2. The second kappa shape index (κ2) is 3.87. The molecule has 2 atom stereocenters. The quantitative estimate of drug-likeness (QED) is 0.677. The van der Waals surface area contributed by atoms with Crippen molar-refractivity contribution < 1.29 is 17.4 Å².